The van der Waals surface area contributed by atoms with E-state index >= 15 is 0 Å². The largest absolute Gasteiger partial charge is 0.473 e. The summed E-state index contributed by atoms with van der Waals surface area (Å²) < 4.78 is 6.19. The van der Waals surface area contributed by atoms with Gasteiger partial charge < -0.3 is 9.94 Å². The third-order valence-corrected chi connectivity index (χ3v) is 1.81. The molecule has 84 valence electrons. The molecule has 0 saturated heterocycles. The molecular formula is C9H11N5O2. The SMILES string of the molecule is CC(C)Oc1nc(=N)nc2n(O)ccnc1-2. The first-order chi connectivity index (χ1) is 7.58. The Hall–Kier alpha value is -2.18. The lowest BCUT2D eigenvalue weighted by molar-refractivity contribution is 0.182. The lowest BCUT2D eigenvalue weighted by Crippen LogP contribution is -2.20. The fourth-order valence-electron chi connectivity index (χ4n) is 1.24. The summed E-state index contributed by atoms with van der Waals surface area (Å²) in [6.07, 6.45) is 2.64. The van der Waals surface area contributed by atoms with Crippen LogP contribution in [0.15, 0.2) is 12.4 Å². The van der Waals surface area contributed by atoms with Crippen LogP contribution in [0.1, 0.15) is 13.8 Å². The predicted molar refractivity (Wildman–Crippen MR) is 53.2 cm³/mol. The summed E-state index contributed by atoms with van der Waals surface area (Å²) in [6, 6.07) is 0. The molecule has 0 aromatic carbocycles. The Morgan fingerprint density at radius 1 is 1.44 bits per heavy atom. The highest BCUT2D eigenvalue weighted by Gasteiger charge is 2.18. The summed E-state index contributed by atoms with van der Waals surface area (Å²) in [5.41, 5.74) is 0.105. The van der Waals surface area contributed by atoms with Gasteiger partial charge in [-0.2, -0.15) is 14.7 Å². The first-order valence-corrected chi connectivity index (χ1v) is 4.74. The van der Waals surface area contributed by atoms with Gasteiger partial charge in [0, 0.05) is 6.20 Å². The van der Waals surface area contributed by atoms with Crippen LogP contribution in [0.4, 0.5) is 0 Å². The van der Waals surface area contributed by atoms with Crippen LogP contribution in [-0.2, 0) is 0 Å². The Bertz CT molecular complexity index is 536. The molecule has 7 nitrogen and oxygen atoms in total. The van der Waals surface area contributed by atoms with Gasteiger partial charge >= 0.3 is 0 Å². The van der Waals surface area contributed by atoms with Crippen molar-refractivity contribution in [1.82, 2.24) is 19.7 Å². The summed E-state index contributed by atoms with van der Waals surface area (Å²) in [6.45, 7) is 3.68. The van der Waals surface area contributed by atoms with Crippen LogP contribution < -0.4 is 10.4 Å². The molecule has 0 spiro atoms. The van der Waals surface area contributed by atoms with E-state index in [4.69, 9.17) is 10.1 Å². The van der Waals surface area contributed by atoms with Crippen LogP contribution in [0.25, 0.3) is 11.5 Å². The maximum Gasteiger partial charge on any atom is 0.247 e. The zero-order valence-electron chi connectivity index (χ0n) is 8.88. The first kappa shape index (κ1) is 10.3. The van der Waals surface area contributed by atoms with E-state index in [-0.39, 0.29) is 23.4 Å². The van der Waals surface area contributed by atoms with Gasteiger partial charge in [0.05, 0.1) is 12.3 Å². The Morgan fingerprint density at radius 3 is 2.88 bits per heavy atom. The highest BCUT2D eigenvalue weighted by molar-refractivity contribution is 5.56. The Kier molecular flexibility index (Phi) is 2.43. The van der Waals surface area contributed by atoms with Crippen molar-refractivity contribution in [3.05, 3.63) is 18.0 Å². The quantitative estimate of drug-likeness (QED) is 0.710. The summed E-state index contributed by atoms with van der Waals surface area (Å²) in [5, 5.41) is 16.9. The molecule has 0 amide bonds. The van der Waals surface area contributed by atoms with Crippen LogP contribution in [0, 0.1) is 5.41 Å². The van der Waals surface area contributed by atoms with Gasteiger partial charge in [-0.1, -0.05) is 0 Å². The standard InChI is InChI=1S/C9H11N5O2/c1-5(2)16-8-6-7(12-9(10)13-8)14(15)4-3-11-6/h3-5,10,15H,1-2H3. The Morgan fingerprint density at radius 2 is 2.19 bits per heavy atom. The second kappa shape index (κ2) is 3.76. The van der Waals surface area contributed by atoms with Crippen molar-refractivity contribution >= 4 is 0 Å². The van der Waals surface area contributed by atoms with Crippen LogP contribution in [-0.4, -0.2) is 31.0 Å². The summed E-state index contributed by atoms with van der Waals surface area (Å²) in [7, 11) is 0. The summed E-state index contributed by atoms with van der Waals surface area (Å²) >= 11 is 0. The smallest absolute Gasteiger partial charge is 0.247 e. The minimum absolute atomic E-state index is 0.0911. The molecule has 2 rings (SSSR count). The molecule has 0 unspecified atom stereocenters. The molecule has 2 aliphatic rings. The molecule has 2 heterocycles. The third kappa shape index (κ3) is 1.79. The molecule has 7 heteroatoms. The number of nitrogens with zero attached hydrogens (tertiary/aromatic N) is 4. The van der Waals surface area contributed by atoms with Gasteiger partial charge in [-0.15, -0.1) is 0 Å². The monoisotopic (exact) mass is 221 g/mol. The van der Waals surface area contributed by atoms with E-state index in [9.17, 15) is 5.21 Å². The van der Waals surface area contributed by atoms with E-state index in [0.717, 1.165) is 4.73 Å². The Labute approximate surface area is 91.2 Å². The molecule has 0 aromatic rings. The third-order valence-electron chi connectivity index (χ3n) is 1.81. The van der Waals surface area contributed by atoms with Gasteiger partial charge in [0.2, 0.25) is 17.3 Å². The van der Waals surface area contributed by atoms with E-state index in [1.165, 1.54) is 12.4 Å². The van der Waals surface area contributed by atoms with E-state index in [1.54, 1.807) is 0 Å². The number of fused-ring (bicyclic) bond motifs is 1. The van der Waals surface area contributed by atoms with Crippen molar-refractivity contribution in [2.24, 2.45) is 0 Å². The molecule has 0 aliphatic carbocycles. The highest BCUT2D eigenvalue weighted by Crippen LogP contribution is 2.23. The first-order valence-electron chi connectivity index (χ1n) is 4.74. The van der Waals surface area contributed by atoms with Gasteiger partial charge in [0.25, 0.3) is 0 Å². The number of ether oxygens (including phenoxy) is 1. The van der Waals surface area contributed by atoms with Gasteiger partial charge in [-0.25, -0.2) is 4.98 Å². The van der Waals surface area contributed by atoms with Crippen molar-refractivity contribution < 1.29 is 9.94 Å². The molecule has 16 heavy (non-hydrogen) atoms. The molecule has 0 aromatic heterocycles. The van der Waals surface area contributed by atoms with Crippen LogP contribution in [0.5, 0.6) is 5.88 Å². The second-order valence-electron chi connectivity index (χ2n) is 3.46. The van der Waals surface area contributed by atoms with Crippen LogP contribution >= 0.6 is 0 Å². The van der Waals surface area contributed by atoms with E-state index in [0.29, 0.717) is 5.69 Å². The number of nitrogens with one attached hydrogen (secondary N) is 1. The molecule has 2 aliphatic heterocycles. The predicted octanol–water partition coefficient (Wildman–Crippen LogP) is 0.282. The highest BCUT2D eigenvalue weighted by atomic mass is 16.5. The maximum absolute atomic E-state index is 9.50. The number of rotatable bonds is 2. The number of aromatic nitrogens is 4. The van der Waals surface area contributed by atoms with Crippen molar-refractivity contribution in [2.75, 3.05) is 0 Å². The number of hydrogen-bond donors (Lipinski definition) is 2. The van der Waals surface area contributed by atoms with Crippen molar-refractivity contribution in [2.45, 2.75) is 20.0 Å². The molecule has 0 bridgehead atoms. The second-order valence-corrected chi connectivity index (χ2v) is 3.46. The molecule has 0 radical (unpaired) electrons. The normalized spacial score (nSPS) is 10.9. The molecule has 0 saturated carbocycles. The van der Waals surface area contributed by atoms with Crippen molar-refractivity contribution in [1.29, 1.82) is 5.41 Å². The van der Waals surface area contributed by atoms with E-state index in [1.807, 2.05) is 13.8 Å². The fraction of sp³-hybridized carbons (Fsp3) is 0.333. The number of hydrogen-bond acceptors (Lipinski definition) is 6. The zero-order valence-corrected chi connectivity index (χ0v) is 8.88. The van der Waals surface area contributed by atoms with E-state index < -0.39 is 0 Å². The van der Waals surface area contributed by atoms with Gasteiger partial charge in [-0.05, 0) is 13.8 Å². The van der Waals surface area contributed by atoms with Gasteiger partial charge in [-0.3, -0.25) is 5.41 Å². The van der Waals surface area contributed by atoms with Crippen LogP contribution in [0.2, 0.25) is 0 Å². The van der Waals surface area contributed by atoms with Crippen molar-refractivity contribution in [3.8, 4) is 17.4 Å². The average Bonchev–Trinajstić information content (AvgIpc) is 2.18. The lowest BCUT2D eigenvalue weighted by atomic mass is 10.3. The van der Waals surface area contributed by atoms with Crippen molar-refractivity contribution in [3.63, 3.8) is 0 Å². The molecular weight excluding hydrogens is 210 g/mol. The van der Waals surface area contributed by atoms with Gasteiger partial charge in [0.1, 0.15) is 0 Å². The average molecular weight is 221 g/mol. The maximum atomic E-state index is 9.50. The minimum atomic E-state index is -0.223. The fourth-order valence-corrected chi connectivity index (χ4v) is 1.24. The van der Waals surface area contributed by atoms with E-state index in [2.05, 4.69) is 15.0 Å². The minimum Gasteiger partial charge on any atom is -0.473 e. The van der Waals surface area contributed by atoms with Gasteiger partial charge in [0.15, 0.2) is 5.69 Å². The molecule has 0 atom stereocenters. The summed E-state index contributed by atoms with van der Waals surface area (Å²) in [5.74, 6) is 0.353. The molecule has 0 fully saturated rings. The Balaban J connectivity index is 2.65. The summed E-state index contributed by atoms with van der Waals surface area (Å²) in [4.78, 5) is 11.6. The molecule has 2 N–H and O–H groups in total. The topological polar surface area (TPSA) is 96.9 Å². The lowest BCUT2D eigenvalue weighted by Gasteiger charge is -2.13. The van der Waals surface area contributed by atoms with Crippen LogP contribution in [0.3, 0.4) is 0 Å². The zero-order chi connectivity index (χ0) is 11.7.